The smallest absolute Gasteiger partial charge is 0.286 e. The number of nitrogens with zero attached hydrogens (tertiary/aromatic N) is 3. The van der Waals surface area contributed by atoms with Crippen LogP contribution in [-0.2, 0) is 11.3 Å². The van der Waals surface area contributed by atoms with Gasteiger partial charge < -0.3 is 15.5 Å². The van der Waals surface area contributed by atoms with Gasteiger partial charge in [0.15, 0.2) is 0 Å². The summed E-state index contributed by atoms with van der Waals surface area (Å²) < 4.78 is 13.0. The van der Waals surface area contributed by atoms with Gasteiger partial charge in [0.05, 0.1) is 5.92 Å². The number of anilines is 1. The van der Waals surface area contributed by atoms with E-state index in [9.17, 15) is 18.8 Å². The molecule has 33 heavy (non-hydrogen) atoms. The van der Waals surface area contributed by atoms with Crippen LogP contribution in [0.15, 0.2) is 54.6 Å². The Hall–Kier alpha value is -3.66. The van der Waals surface area contributed by atoms with Gasteiger partial charge in [-0.3, -0.25) is 14.4 Å². The standard InChI is InChI=1S/C23H22FN5O3S/c24-17-10-8-15(9-11-17)13-25-19(30)16-5-4-12-29(14-16)23(32)22-28-27-21(33-22)20(31)26-18-6-2-1-3-7-18/h1-3,6-11,16H,4-5,12-14H2,(H,25,30)(H,26,31)/t16-/m0/s1. The minimum atomic E-state index is -0.436. The number of carbonyl (C=O) groups is 3. The minimum absolute atomic E-state index is 0.0906. The summed E-state index contributed by atoms with van der Waals surface area (Å²) in [6, 6.07) is 14.9. The molecule has 1 aromatic heterocycles. The molecule has 2 aromatic carbocycles. The van der Waals surface area contributed by atoms with Crippen molar-refractivity contribution in [2.24, 2.45) is 5.92 Å². The van der Waals surface area contributed by atoms with Gasteiger partial charge in [-0.25, -0.2) is 4.39 Å². The topological polar surface area (TPSA) is 104 Å². The maximum absolute atomic E-state index is 13.0. The van der Waals surface area contributed by atoms with Crippen molar-refractivity contribution in [1.82, 2.24) is 20.4 Å². The van der Waals surface area contributed by atoms with Crippen molar-refractivity contribution in [3.63, 3.8) is 0 Å². The zero-order valence-corrected chi connectivity index (χ0v) is 18.5. The summed E-state index contributed by atoms with van der Waals surface area (Å²) in [5, 5.41) is 13.5. The molecular weight excluding hydrogens is 445 g/mol. The van der Waals surface area contributed by atoms with Gasteiger partial charge in [0.1, 0.15) is 5.82 Å². The first-order valence-electron chi connectivity index (χ1n) is 10.5. The number of halogens is 1. The van der Waals surface area contributed by atoms with Gasteiger partial charge >= 0.3 is 0 Å². The Balaban J connectivity index is 1.33. The summed E-state index contributed by atoms with van der Waals surface area (Å²) in [6.07, 6.45) is 1.35. The molecule has 0 radical (unpaired) electrons. The third-order valence-electron chi connectivity index (χ3n) is 5.29. The molecule has 10 heteroatoms. The van der Waals surface area contributed by atoms with Crippen LogP contribution in [0.2, 0.25) is 0 Å². The number of amides is 3. The lowest BCUT2D eigenvalue weighted by Crippen LogP contribution is -2.45. The number of likely N-dealkylation sites (tertiary alicyclic amines) is 1. The fourth-order valence-electron chi connectivity index (χ4n) is 3.55. The van der Waals surface area contributed by atoms with Crippen molar-refractivity contribution < 1.29 is 18.8 Å². The van der Waals surface area contributed by atoms with Gasteiger partial charge in [-0.15, -0.1) is 10.2 Å². The van der Waals surface area contributed by atoms with E-state index in [-0.39, 0.29) is 40.1 Å². The Morgan fingerprint density at radius 1 is 1.03 bits per heavy atom. The van der Waals surface area contributed by atoms with Crippen LogP contribution in [-0.4, -0.2) is 45.9 Å². The predicted octanol–water partition coefficient (Wildman–Crippen LogP) is 3.10. The molecule has 2 N–H and O–H groups in total. The summed E-state index contributed by atoms with van der Waals surface area (Å²) in [5.41, 5.74) is 1.42. The van der Waals surface area contributed by atoms with Gasteiger partial charge in [0, 0.05) is 25.3 Å². The van der Waals surface area contributed by atoms with E-state index in [0.717, 1.165) is 16.9 Å². The Morgan fingerprint density at radius 3 is 2.52 bits per heavy atom. The predicted molar refractivity (Wildman–Crippen MR) is 121 cm³/mol. The highest BCUT2D eigenvalue weighted by molar-refractivity contribution is 7.15. The molecule has 0 aliphatic carbocycles. The minimum Gasteiger partial charge on any atom is -0.352 e. The molecule has 0 saturated carbocycles. The molecule has 0 spiro atoms. The highest BCUT2D eigenvalue weighted by atomic mass is 32.1. The lowest BCUT2D eigenvalue weighted by atomic mass is 9.97. The number of carbonyl (C=O) groups excluding carboxylic acids is 3. The van der Waals surface area contributed by atoms with E-state index in [1.807, 2.05) is 6.07 Å². The first-order valence-corrected chi connectivity index (χ1v) is 11.3. The van der Waals surface area contributed by atoms with E-state index in [1.54, 1.807) is 41.3 Å². The van der Waals surface area contributed by atoms with Crippen LogP contribution in [0, 0.1) is 11.7 Å². The van der Waals surface area contributed by atoms with Crippen LogP contribution < -0.4 is 10.6 Å². The van der Waals surface area contributed by atoms with Crippen molar-refractivity contribution in [2.75, 3.05) is 18.4 Å². The monoisotopic (exact) mass is 467 g/mol. The molecule has 4 rings (SSSR count). The largest absolute Gasteiger partial charge is 0.352 e. The highest BCUT2D eigenvalue weighted by Gasteiger charge is 2.30. The van der Waals surface area contributed by atoms with Crippen LogP contribution in [0.4, 0.5) is 10.1 Å². The Labute approximate surface area is 193 Å². The first-order chi connectivity index (χ1) is 16.0. The zero-order chi connectivity index (χ0) is 23.2. The van der Waals surface area contributed by atoms with Gasteiger partial charge in [-0.2, -0.15) is 0 Å². The quantitative estimate of drug-likeness (QED) is 0.580. The number of hydrogen-bond acceptors (Lipinski definition) is 6. The van der Waals surface area contributed by atoms with E-state index < -0.39 is 5.91 Å². The van der Waals surface area contributed by atoms with E-state index in [2.05, 4.69) is 20.8 Å². The molecule has 1 fully saturated rings. The van der Waals surface area contributed by atoms with E-state index in [4.69, 9.17) is 0 Å². The second kappa shape index (κ2) is 10.3. The number of benzene rings is 2. The van der Waals surface area contributed by atoms with Crippen molar-refractivity contribution in [3.8, 4) is 0 Å². The van der Waals surface area contributed by atoms with Crippen molar-refractivity contribution in [1.29, 1.82) is 0 Å². The van der Waals surface area contributed by atoms with E-state index in [1.165, 1.54) is 12.1 Å². The molecule has 2 heterocycles. The lowest BCUT2D eigenvalue weighted by molar-refractivity contribution is -0.126. The maximum Gasteiger partial charge on any atom is 0.286 e. The summed E-state index contributed by atoms with van der Waals surface area (Å²) in [5.74, 6) is -1.62. The second-order valence-corrected chi connectivity index (χ2v) is 8.64. The van der Waals surface area contributed by atoms with Gasteiger partial charge in [-0.1, -0.05) is 41.7 Å². The number of rotatable bonds is 6. The fraction of sp³-hybridized carbons (Fsp3) is 0.261. The normalized spacial score (nSPS) is 15.7. The molecule has 1 saturated heterocycles. The SMILES string of the molecule is O=C(Nc1ccccc1)c1nnc(C(=O)N2CCC[C@H](C(=O)NCc3ccc(F)cc3)C2)s1. The van der Waals surface area contributed by atoms with Crippen molar-refractivity contribution in [2.45, 2.75) is 19.4 Å². The summed E-state index contributed by atoms with van der Waals surface area (Å²) in [6.45, 7) is 1.06. The van der Waals surface area contributed by atoms with Crippen LogP contribution in [0.1, 0.15) is 38.0 Å². The van der Waals surface area contributed by atoms with Gasteiger partial charge in [0.25, 0.3) is 11.8 Å². The maximum atomic E-state index is 13.0. The number of hydrogen-bond donors (Lipinski definition) is 2. The summed E-state index contributed by atoms with van der Waals surface area (Å²) in [7, 11) is 0. The molecule has 0 bridgehead atoms. The van der Waals surface area contributed by atoms with Crippen molar-refractivity contribution in [3.05, 3.63) is 76.0 Å². The van der Waals surface area contributed by atoms with Gasteiger partial charge in [-0.05, 0) is 42.7 Å². The number of para-hydroxylation sites is 1. The molecule has 1 aliphatic rings. The average molecular weight is 468 g/mol. The molecular formula is C23H22FN5O3S. The lowest BCUT2D eigenvalue weighted by Gasteiger charge is -2.31. The average Bonchev–Trinajstić information content (AvgIpc) is 3.34. The Bertz CT molecular complexity index is 1140. The number of aromatic nitrogens is 2. The highest BCUT2D eigenvalue weighted by Crippen LogP contribution is 2.21. The molecule has 1 atom stereocenters. The van der Waals surface area contributed by atoms with Crippen LogP contribution in [0.5, 0.6) is 0 Å². The van der Waals surface area contributed by atoms with Crippen LogP contribution in [0.3, 0.4) is 0 Å². The molecule has 0 unspecified atom stereocenters. The third-order valence-corrected chi connectivity index (χ3v) is 6.20. The first kappa shape index (κ1) is 22.5. The molecule has 1 aliphatic heterocycles. The molecule has 3 amide bonds. The third kappa shape index (κ3) is 5.78. The number of nitrogens with one attached hydrogen (secondary N) is 2. The molecule has 8 nitrogen and oxygen atoms in total. The van der Waals surface area contributed by atoms with E-state index in [0.29, 0.717) is 31.6 Å². The second-order valence-electron chi connectivity index (χ2n) is 7.67. The van der Waals surface area contributed by atoms with Crippen molar-refractivity contribution >= 4 is 34.7 Å². The number of piperidine rings is 1. The summed E-state index contributed by atoms with van der Waals surface area (Å²) >= 11 is 0.924. The summed E-state index contributed by atoms with van der Waals surface area (Å²) in [4.78, 5) is 39.5. The molecule has 3 aromatic rings. The Morgan fingerprint density at radius 2 is 1.76 bits per heavy atom. The fourth-order valence-corrected chi connectivity index (χ4v) is 4.26. The van der Waals surface area contributed by atoms with E-state index >= 15 is 0 Å². The Kier molecular flexibility index (Phi) is 7.04. The zero-order valence-electron chi connectivity index (χ0n) is 17.7. The van der Waals surface area contributed by atoms with Gasteiger partial charge in [0.2, 0.25) is 15.9 Å². The van der Waals surface area contributed by atoms with Crippen LogP contribution >= 0.6 is 11.3 Å². The molecule has 170 valence electrons. The van der Waals surface area contributed by atoms with Crippen LogP contribution in [0.25, 0.3) is 0 Å².